The zero-order valence-corrected chi connectivity index (χ0v) is 27.8. The van der Waals surface area contributed by atoms with Gasteiger partial charge in [-0.25, -0.2) is 19.4 Å². The van der Waals surface area contributed by atoms with Crippen LogP contribution in [0.2, 0.25) is 5.02 Å². The average Bonchev–Trinajstić information content (AvgIpc) is 3.78. The minimum atomic E-state index is -0.481. The van der Waals surface area contributed by atoms with Gasteiger partial charge in [0.25, 0.3) is 0 Å². The monoisotopic (exact) mass is 664 g/mol. The minimum Gasteiger partial charge on any atom is -0.494 e. The van der Waals surface area contributed by atoms with Crippen LogP contribution in [0.1, 0.15) is 37.3 Å². The van der Waals surface area contributed by atoms with Crippen molar-refractivity contribution < 1.29 is 18.8 Å². The second-order valence-corrected chi connectivity index (χ2v) is 12.8. The third-order valence-electron chi connectivity index (χ3n) is 9.38. The van der Waals surface area contributed by atoms with E-state index in [4.69, 9.17) is 21.2 Å². The molecule has 2 aromatic carbocycles. The van der Waals surface area contributed by atoms with Crippen LogP contribution in [0, 0.1) is 5.82 Å². The number of hydroxylamine groups is 1. The first-order valence-corrected chi connectivity index (χ1v) is 16.4. The number of carbonyl (C=O) groups excluding carboxylic acids is 1. The van der Waals surface area contributed by atoms with E-state index >= 15 is 0 Å². The molecule has 1 amide bonds. The maximum atomic E-state index is 14.3. The van der Waals surface area contributed by atoms with E-state index in [9.17, 15) is 9.18 Å². The molecule has 2 N–H and O–H groups in total. The summed E-state index contributed by atoms with van der Waals surface area (Å²) >= 11 is 5.91. The average molecular weight is 665 g/mol. The Morgan fingerprint density at radius 1 is 1.11 bits per heavy atom. The van der Waals surface area contributed by atoms with Gasteiger partial charge in [-0.1, -0.05) is 24.2 Å². The second-order valence-electron chi connectivity index (χ2n) is 12.4. The highest BCUT2D eigenvalue weighted by molar-refractivity contribution is 6.30. The number of rotatable bonds is 10. The molecule has 1 aromatic heterocycles. The summed E-state index contributed by atoms with van der Waals surface area (Å²) in [7, 11) is 5.94. The molecule has 6 rings (SSSR count). The lowest BCUT2D eigenvalue weighted by atomic mass is 10.0. The summed E-state index contributed by atoms with van der Waals surface area (Å²) in [5, 5.41) is 8.07. The van der Waals surface area contributed by atoms with Crippen molar-refractivity contribution in [2.24, 2.45) is 0 Å². The van der Waals surface area contributed by atoms with Crippen LogP contribution < -0.4 is 25.3 Å². The number of likely N-dealkylation sites (N-methyl/N-ethyl adjacent to an activating group) is 1. The Morgan fingerprint density at radius 2 is 1.91 bits per heavy atom. The molecular formula is C34H42ClFN8O3. The molecule has 0 saturated carbocycles. The third kappa shape index (κ3) is 7.30. The number of halogens is 2. The van der Waals surface area contributed by atoms with Crippen molar-refractivity contribution in [3.8, 4) is 5.75 Å². The lowest BCUT2D eigenvalue weighted by molar-refractivity contribution is -0.111. The van der Waals surface area contributed by atoms with E-state index in [1.807, 2.05) is 12.1 Å². The van der Waals surface area contributed by atoms with Gasteiger partial charge >= 0.3 is 0 Å². The Labute approximate surface area is 280 Å². The molecule has 3 aliphatic rings. The van der Waals surface area contributed by atoms with Crippen LogP contribution in [-0.2, 0) is 9.63 Å². The van der Waals surface area contributed by atoms with Crippen LogP contribution in [0.4, 0.5) is 33.1 Å². The first-order chi connectivity index (χ1) is 22.7. The van der Waals surface area contributed by atoms with Crippen LogP contribution in [0.5, 0.6) is 5.75 Å². The van der Waals surface area contributed by atoms with Crippen molar-refractivity contribution in [2.45, 2.75) is 43.8 Å². The van der Waals surface area contributed by atoms with Crippen molar-refractivity contribution in [1.82, 2.24) is 19.8 Å². The van der Waals surface area contributed by atoms with Gasteiger partial charge in [0.2, 0.25) is 5.91 Å². The number of ether oxygens (including phenoxy) is 1. The van der Waals surface area contributed by atoms with Crippen LogP contribution in [0.3, 0.4) is 0 Å². The molecule has 0 radical (unpaired) electrons. The van der Waals surface area contributed by atoms with E-state index in [-0.39, 0.29) is 17.0 Å². The third-order valence-corrected chi connectivity index (χ3v) is 9.69. The number of amides is 1. The fraction of sp³-hybridized carbons (Fsp3) is 0.441. The summed E-state index contributed by atoms with van der Waals surface area (Å²) < 4.78 is 20.1. The largest absolute Gasteiger partial charge is 0.494 e. The molecule has 0 aliphatic carbocycles. The highest BCUT2D eigenvalue weighted by Crippen LogP contribution is 2.41. The standard InChI is InChI=1S/C34H42ClFN8O3/c1-5-34(45)40-27-17-28(31(46-4)18-30(27)42-12-8-23(9-13-42)43-14-10-24(20-43)41(2)3)39-32-19-33(38-21-37-32)44-29(11-15-47-44)22-6-7-25(35)26(36)16-22/h5-7,16-19,21,23-24,29H,1,8-15,20H2,2-4H3,(H,40,45)(H,37,38,39)/t24-,29-/m1/s1. The smallest absolute Gasteiger partial charge is 0.247 e. The Kier molecular flexibility index (Phi) is 10.1. The highest BCUT2D eigenvalue weighted by atomic mass is 35.5. The number of anilines is 5. The number of carbonyl (C=O) groups is 1. The maximum Gasteiger partial charge on any atom is 0.247 e. The molecule has 2 atom stereocenters. The van der Waals surface area contributed by atoms with Crippen LogP contribution >= 0.6 is 11.6 Å². The summed E-state index contributed by atoms with van der Waals surface area (Å²) in [6.45, 7) is 8.08. The van der Waals surface area contributed by atoms with Crippen molar-refractivity contribution >= 4 is 46.2 Å². The summed E-state index contributed by atoms with van der Waals surface area (Å²) in [5.74, 6) is 0.809. The number of hydrogen-bond donors (Lipinski definition) is 2. The molecule has 250 valence electrons. The number of nitrogens with one attached hydrogen (secondary N) is 2. The zero-order chi connectivity index (χ0) is 33.1. The lowest BCUT2D eigenvalue weighted by Crippen LogP contribution is -2.45. The van der Waals surface area contributed by atoms with E-state index in [0.717, 1.165) is 50.3 Å². The molecule has 3 aliphatic heterocycles. The van der Waals surface area contributed by atoms with Crippen LogP contribution in [0.15, 0.2) is 55.4 Å². The molecule has 0 bridgehead atoms. The first-order valence-electron chi connectivity index (χ1n) is 16.0. The molecule has 47 heavy (non-hydrogen) atoms. The zero-order valence-electron chi connectivity index (χ0n) is 27.1. The van der Waals surface area contributed by atoms with Gasteiger partial charge in [-0.05, 0) is 63.2 Å². The van der Waals surface area contributed by atoms with Gasteiger partial charge in [0.1, 0.15) is 23.7 Å². The lowest BCUT2D eigenvalue weighted by Gasteiger charge is -2.39. The Balaban J connectivity index is 1.22. The first kappa shape index (κ1) is 33.0. The van der Waals surface area contributed by atoms with Crippen molar-refractivity contribution in [3.05, 3.63) is 71.8 Å². The summed E-state index contributed by atoms with van der Waals surface area (Å²) in [5.41, 5.74) is 2.88. The number of likely N-dealkylation sites (tertiary alicyclic amines) is 1. The van der Waals surface area contributed by atoms with Gasteiger partial charge in [0, 0.05) is 56.8 Å². The predicted molar refractivity (Wildman–Crippen MR) is 183 cm³/mol. The highest BCUT2D eigenvalue weighted by Gasteiger charge is 2.33. The van der Waals surface area contributed by atoms with Crippen LogP contribution in [-0.4, -0.2) is 91.7 Å². The molecule has 0 unspecified atom stereocenters. The van der Waals surface area contributed by atoms with E-state index < -0.39 is 5.82 Å². The molecule has 13 heteroatoms. The number of piperidine rings is 1. The molecule has 3 fully saturated rings. The Bertz CT molecular complexity index is 1600. The molecule has 3 aromatic rings. The maximum absolute atomic E-state index is 14.3. The number of methoxy groups -OCH3 is 1. The SMILES string of the molecule is C=CC(=O)Nc1cc(Nc2cc(N3OCC[C@@H]3c3ccc(Cl)c(F)c3)ncn2)c(OC)cc1N1CCC(N2CC[C@@H](N(C)C)C2)CC1. The van der Waals surface area contributed by atoms with Gasteiger partial charge in [-0.3, -0.25) is 14.5 Å². The second kappa shape index (κ2) is 14.4. The van der Waals surface area contributed by atoms with Crippen LogP contribution in [0.25, 0.3) is 0 Å². The molecule has 0 spiro atoms. The normalized spacial score (nSPS) is 20.6. The Hall–Kier alpha value is -3.97. The van der Waals surface area contributed by atoms with Gasteiger partial charge in [-0.15, -0.1) is 0 Å². The van der Waals surface area contributed by atoms with Crippen molar-refractivity contribution in [3.63, 3.8) is 0 Å². The molecule has 3 saturated heterocycles. The van der Waals surface area contributed by atoms with E-state index in [1.165, 1.54) is 24.9 Å². The Morgan fingerprint density at radius 3 is 2.62 bits per heavy atom. The van der Waals surface area contributed by atoms with Gasteiger partial charge in [0.15, 0.2) is 5.82 Å². The molecule has 4 heterocycles. The summed E-state index contributed by atoms with van der Waals surface area (Å²) in [6, 6.07) is 11.2. The summed E-state index contributed by atoms with van der Waals surface area (Å²) in [4.78, 5) is 34.6. The summed E-state index contributed by atoms with van der Waals surface area (Å²) in [6.07, 6.45) is 6.65. The molecular weight excluding hydrogens is 623 g/mol. The number of aromatic nitrogens is 2. The predicted octanol–water partition coefficient (Wildman–Crippen LogP) is 5.63. The van der Waals surface area contributed by atoms with E-state index in [1.54, 1.807) is 30.4 Å². The van der Waals surface area contributed by atoms with Gasteiger partial charge in [0.05, 0.1) is 41.8 Å². The number of benzene rings is 2. The van der Waals surface area contributed by atoms with Gasteiger partial charge < -0.3 is 25.2 Å². The quantitative estimate of drug-likeness (QED) is 0.265. The minimum absolute atomic E-state index is 0.0706. The fourth-order valence-corrected chi connectivity index (χ4v) is 6.88. The fourth-order valence-electron chi connectivity index (χ4n) is 6.77. The number of nitrogens with zero attached hydrogens (tertiary/aromatic N) is 6. The van der Waals surface area contributed by atoms with E-state index in [0.29, 0.717) is 53.9 Å². The van der Waals surface area contributed by atoms with Crippen molar-refractivity contribution in [1.29, 1.82) is 0 Å². The van der Waals surface area contributed by atoms with Gasteiger partial charge in [-0.2, -0.15) is 0 Å². The number of hydrogen-bond acceptors (Lipinski definition) is 10. The topological polar surface area (TPSA) is 98.3 Å². The molecule has 11 nitrogen and oxygen atoms in total. The van der Waals surface area contributed by atoms with E-state index in [2.05, 4.69) is 56.0 Å². The van der Waals surface area contributed by atoms with Crippen molar-refractivity contribution in [2.75, 3.05) is 74.6 Å².